The Hall–Kier alpha value is -2.28. The van der Waals surface area contributed by atoms with Gasteiger partial charge >= 0.3 is 0 Å². The Morgan fingerprint density at radius 1 is 1.11 bits per heavy atom. The molecule has 27 heavy (non-hydrogen) atoms. The minimum atomic E-state index is -3.86. The Bertz CT molecular complexity index is 1000. The summed E-state index contributed by atoms with van der Waals surface area (Å²) in [5.41, 5.74) is 3.16. The smallest absolute Gasteiger partial charge is 0.267 e. The maximum atomic E-state index is 13.7. The lowest BCUT2D eigenvalue weighted by Gasteiger charge is -2.25. The summed E-state index contributed by atoms with van der Waals surface area (Å²) < 4.78 is 28.9. The highest BCUT2D eigenvalue weighted by Crippen LogP contribution is 2.39. The molecular weight excluding hydrogens is 362 g/mol. The van der Waals surface area contributed by atoms with E-state index in [1.165, 1.54) is 4.31 Å². The number of nitrogens with one attached hydrogen (secondary N) is 1. The van der Waals surface area contributed by atoms with Crippen LogP contribution in [0.3, 0.4) is 0 Å². The molecule has 1 saturated heterocycles. The van der Waals surface area contributed by atoms with E-state index in [4.69, 9.17) is 0 Å². The first-order chi connectivity index (χ1) is 12.8. The van der Waals surface area contributed by atoms with Gasteiger partial charge in [0.15, 0.2) is 0 Å². The molecule has 3 heterocycles. The summed E-state index contributed by atoms with van der Waals surface area (Å²) in [4.78, 5) is 18.1. The summed E-state index contributed by atoms with van der Waals surface area (Å²) in [6.07, 6.45) is 2.60. The lowest BCUT2D eigenvalue weighted by molar-refractivity contribution is 0.0788. The Morgan fingerprint density at radius 3 is 2.48 bits per heavy atom. The largest absolute Gasteiger partial charge is 0.361 e. The third-order valence-corrected chi connectivity index (χ3v) is 7.69. The van der Waals surface area contributed by atoms with Gasteiger partial charge in [0, 0.05) is 30.5 Å². The van der Waals surface area contributed by atoms with Gasteiger partial charge in [0.1, 0.15) is 4.90 Å². The van der Waals surface area contributed by atoms with Crippen molar-refractivity contribution in [3.05, 3.63) is 46.8 Å². The van der Waals surface area contributed by atoms with E-state index in [0.717, 1.165) is 18.4 Å². The molecule has 6 nitrogen and oxygen atoms in total. The number of likely N-dealkylation sites (tertiary alicyclic amines) is 1. The van der Waals surface area contributed by atoms with Crippen LogP contribution in [0.15, 0.2) is 29.2 Å². The number of hydrogen-bond donors (Lipinski definition) is 1. The van der Waals surface area contributed by atoms with Gasteiger partial charge in [-0.05, 0) is 51.7 Å². The van der Waals surface area contributed by atoms with E-state index in [1.807, 2.05) is 31.2 Å². The average molecular weight is 388 g/mol. The van der Waals surface area contributed by atoms with Crippen molar-refractivity contribution in [3.8, 4) is 0 Å². The summed E-state index contributed by atoms with van der Waals surface area (Å²) >= 11 is 0. The molecule has 0 unspecified atom stereocenters. The van der Waals surface area contributed by atoms with Crippen molar-refractivity contribution in [1.29, 1.82) is 0 Å². The number of aromatic nitrogens is 1. The molecule has 4 rings (SSSR count). The maximum Gasteiger partial charge on any atom is 0.267 e. The molecule has 2 aliphatic rings. The van der Waals surface area contributed by atoms with Crippen LogP contribution >= 0.6 is 0 Å². The zero-order valence-electron chi connectivity index (χ0n) is 15.9. The molecule has 1 atom stereocenters. The Labute approximate surface area is 160 Å². The number of rotatable bonds is 3. The standard InChI is InChI=1S/C20H25N3O3S/c1-13-12-16-8-4-5-9-17(16)23(13)27(25,26)19-15(3)21-14(2)18(19)20(24)22-10-6-7-11-22/h4-5,8-9,13,21H,6-7,10-12H2,1-3H3/t13-/m1/s1. The normalized spacial score (nSPS) is 19.6. The third-order valence-electron chi connectivity index (χ3n) is 5.59. The number of H-pyrrole nitrogens is 1. The van der Waals surface area contributed by atoms with Gasteiger partial charge < -0.3 is 9.88 Å². The average Bonchev–Trinajstić information content (AvgIpc) is 3.30. The molecule has 0 radical (unpaired) electrons. The number of fused-ring (bicyclic) bond motifs is 1. The molecule has 0 aliphatic carbocycles. The summed E-state index contributed by atoms with van der Waals surface area (Å²) in [7, 11) is -3.86. The fraction of sp³-hybridized carbons (Fsp3) is 0.450. The van der Waals surface area contributed by atoms with Gasteiger partial charge in [0.25, 0.3) is 15.9 Å². The maximum absolute atomic E-state index is 13.7. The van der Waals surface area contributed by atoms with Crippen molar-refractivity contribution in [2.45, 2.75) is 51.0 Å². The molecule has 0 spiro atoms. The second-order valence-electron chi connectivity index (χ2n) is 7.56. The second kappa shape index (κ2) is 6.41. The molecule has 1 amide bonds. The summed E-state index contributed by atoms with van der Waals surface area (Å²) in [6.45, 7) is 6.79. The van der Waals surface area contributed by atoms with E-state index in [1.54, 1.807) is 18.7 Å². The molecule has 0 bridgehead atoms. The minimum Gasteiger partial charge on any atom is -0.361 e. The summed E-state index contributed by atoms with van der Waals surface area (Å²) in [5.74, 6) is -0.187. The topological polar surface area (TPSA) is 73.5 Å². The van der Waals surface area contributed by atoms with Crippen molar-refractivity contribution >= 4 is 21.6 Å². The van der Waals surface area contributed by atoms with Crippen LogP contribution in [0.25, 0.3) is 0 Å². The van der Waals surface area contributed by atoms with Crippen LogP contribution in [-0.4, -0.2) is 43.3 Å². The molecule has 1 fully saturated rings. The molecule has 7 heteroatoms. The Morgan fingerprint density at radius 2 is 1.78 bits per heavy atom. The highest BCUT2D eigenvalue weighted by molar-refractivity contribution is 7.93. The van der Waals surface area contributed by atoms with Gasteiger partial charge in [-0.1, -0.05) is 18.2 Å². The Balaban J connectivity index is 1.85. The van der Waals surface area contributed by atoms with Crippen LogP contribution in [0, 0.1) is 13.8 Å². The molecule has 1 aromatic heterocycles. The molecular formula is C20H25N3O3S. The monoisotopic (exact) mass is 387 g/mol. The van der Waals surface area contributed by atoms with Crippen molar-refractivity contribution in [1.82, 2.24) is 9.88 Å². The Kier molecular flexibility index (Phi) is 4.29. The van der Waals surface area contributed by atoms with Gasteiger partial charge in [-0.3, -0.25) is 9.10 Å². The SMILES string of the molecule is Cc1[nH]c(C)c(S(=O)(=O)N2c3ccccc3C[C@H]2C)c1C(=O)N1CCCC1. The number of aryl methyl sites for hydroxylation is 2. The van der Waals surface area contributed by atoms with Crippen LogP contribution in [0.4, 0.5) is 5.69 Å². The molecule has 1 N–H and O–H groups in total. The van der Waals surface area contributed by atoms with Crippen LogP contribution < -0.4 is 4.31 Å². The number of para-hydroxylation sites is 1. The molecule has 2 aromatic rings. The van der Waals surface area contributed by atoms with E-state index in [2.05, 4.69) is 4.98 Å². The summed E-state index contributed by atoms with van der Waals surface area (Å²) in [5, 5.41) is 0. The van der Waals surface area contributed by atoms with E-state index >= 15 is 0 Å². The number of carbonyl (C=O) groups is 1. The first-order valence-electron chi connectivity index (χ1n) is 9.43. The highest BCUT2D eigenvalue weighted by atomic mass is 32.2. The van der Waals surface area contributed by atoms with Gasteiger partial charge in [0.2, 0.25) is 0 Å². The van der Waals surface area contributed by atoms with Gasteiger partial charge in [0.05, 0.1) is 11.3 Å². The number of hydrogen-bond acceptors (Lipinski definition) is 3. The van der Waals surface area contributed by atoms with Crippen molar-refractivity contribution < 1.29 is 13.2 Å². The number of benzene rings is 1. The second-order valence-corrected chi connectivity index (χ2v) is 9.31. The van der Waals surface area contributed by atoms with Crippen LogP contribution in [0.5, 0.6) is 0 Å². The number of aromatic amines is 1. The first kappa shape index (κ1) is 18.1. The first-order valence-corrected chi connectivity index (χ1v) is 10.9. The number of nitrogens with zero attached hydrogens (tertiary/aromatic N) is 2. The molecule has 1 aromatic carbocycles. The van der Waals surface area contributed by atoms with Crippen molar-refractivity contribution in [2.75, 3.05) is 17.4 Å². The highest BCUT2D eigenvalue weighted by Gasteiger charge is 2.40. The van der Waals surface area contributed by atoms with Crippen LogP contribution in [-0.2, 0) is 16.4 Å². The van der Waals surface area contributed by atoms with Crippen LogP contribution in [0.2, 0.25) is 0 Å². The van der Waals surface area contributed by atoms with Gasteiger partial charge in [-0.15, -0.1) is 0 Å². The number of sulfonamides is 1. The third kappa shape index (κ3) is 2.76. The van der Waals surface area contributed by atoms with E-state index < -0.39 is 10.0 Å². The van der Waals surface area contributed by atoms with Gasteiger partial charge in [-0.25, -0.2) is 8.42 Å². The van der Waals surface area contributed by atoms with Crippen molar-refractivity contribution in [2.24, 2.45) is 0 Å². The lowest BCUT2D eigenvalue weighted by Crippen LogP contribution is -2.37. The van der Waals surface area contributed by atoms with Crippen molar-refractivity contribution in [3.63, 3.8) is 0 Å². The minimum absolute atomic E-state index is 0.125. The zero-order valence-corrected chi connectivity index (χ0v) is 16.8. The fourth-order valence-electron chi connectivity index (χ4n) is 4.42. The van der Waals surface area contributed by atoms with E-state index in [-0.39, 0.29) is 16.8 Å². The zero-order chi connectivity index (χ0) is 19.3. The van der Waals surface area contributed by atoms with Crippen LogP contribution in [0.1, 0.15) is 47.1 Å². The number of anilines is 1. The molecule has 0 saturated carbocycles. The number of amides is 1. The lowest BCUT2D eigenvalue weighted by atomic mass is 10.1. The summed E-state index contributed by atoms with van der Waals surface area (Å²) in [6, 6.07) is 7.40. The molecule has 2 aliphatic heterocycles. The molecule has 144 valence electrons. The predicted molar refractivity (Wildman–Crippen MR) is 105 cm³/mol. The fourth-order valence-corrected chi connectivity index (χ4v) is 6.54. The quantitative estimate of drug-likeness (QED) is 0.880. The van der Waals surface area contributed by atoms with E-state index in [9.17, 15) is 13.2 Å². The van der Waals surface area contributed by atoms with Gasteiger partial charge in [-0.2, -0.15) is 0 Å². The van der Waals surface area contributed by atoms with E-state index in [0.29, 0.717) is 42.1 Å². The number of carbonyl (C=O) groups excluding carboxylic acids is 1. The predicted octanol–water partition coefficient (Wildman–Crippen LogP) is 3.01.